The van der Waals surface area contributed by atoms with E-state index in [-0.39, 0.29) is 47.1 Å². The SMILES string of the molecule is O=C(NCC1CCC(F)(F)CC1)c1ccc2c(c1)NC(=O)c1cccn1S2(=O)=O. The van der Waals surface area contributed by atoms with Crippen LogP contribution in [0.1, 0.15) is 46.5 Å². The van der Waals surface area contributed by atoms with Gasteiger partial charge in [0.05, 0.1) is 5.69 Å². The third kappa shape index (κ3) is 3.64. The fourth-order valence-corrected chi connectivity index (χ4v) is 5.15. The summed E-state index contributed by atoms with van der Waals surface area (Å²) >= 11 is 0. The minimum atomic E-state index is -3.98. The predicted octanol–water partition coefficient (Wildman–Crippen LogP) is 2.85. The molecule has 29 heavy (non-hydrogen) atoms. The van der Waals surface area contributed by atoms with Crippen molar-refractivity contribution in [3.05, 3.63) is 47.8 Å². The second-order valence-electron chi connectivity index (χ2n) is 7.37. The fraction of sp³-hybridized carbons (Fsp3) is 0.368. The van der Waals surface area contributed by atoms with E-state index in [1.165, 1.54) is 36.5 Å². The second kappa shape index (κ2) is 6.94. The minimum Gasteiger partial charge on any atom is -0.352 e. The van der Waals surface area contributed by atoms with Gasteiger partial charge in [-0.2, -0.15) is 0 Å². The zero-order chi connectivity index (χ0) is 20.8. The number of amides is 2. The number of rotatable bonds is 3. The highest BCUT2D eigenvalue weighted by atomic mass is 32.2. The topological polar surface area (TPSA) is 97.3 Å². The van der Waals surface area contributed by atoms with Gasteiger partial charge < -0.3 is 10.6 Å². The van der Waals surface area contributed by atoms with Crippen LogP contribution in [0.4, 0.5) is 14.5 Å². The molecule has 4 rings (SSSR count). The summed E-state index contributed by atoms with van der Waals surface area (Å²) in [5.41, 5.74) is 0.164. The van der Waals surface area contributed by atoms with Gasteiger partial charge in [-0.15, -0.1) is 0 Å². The lowest BCUT2D eigenvalue weighted by molar-refractivity contribution is -0.0452. The molecule has 1 aromatic carbocycles. The molecule has 0 saturated heterocycles. The van der Waals surface area contributed by atoms with Crippen molar-refractivity contribution < 1.29 is 26.8 Å². The van der Waals surface area contributed by atoms with Crippen LogP contribution in [0.5, 0.6) is 0 Å². The van der Waals surface area contributed by atoms with Gasteiger partial charge in [0.15, 0.2) is 0 Å². The molecule has 0 spiro atoms. The van der Waals surface area contributed by atoms with Crippen molar-refractivity contribution in [1.29, 1.82) is 0 Å². The van der Waals surface area contributed by atoms with E-state index in [2.05, 4.69) is 10.6 Å². The quantitative estimate of drug-likeness (QED) is 0.793. The molecule has 154 valence electrons. The number of alkyl halides is 2. The van der Waals surface area contributed by atoms with Crippen LogP contribution in [-0.2, 0) is 10.0 Å². The Morgan fingerprint density at radius 2 is 1.97 bits per heavy atom. The first-order chi connectivity index (χ1) is 13.7. The Hall–Kier alpha value is -2.75. The number of fused-ring (bicyclic) bond motifs is 2. The summed E-state index contributed by atoms with van der Waals surface area (Å²) in [4.78, 5) is 24.7. The molecule has 1 aromatic heterocycles. The first kappa shape index (κ1) is 19.6. The molecular weight excluding hydrogens is 404 g/mol. The van der Waals surface area contributed by atoms with Crippen molar-refractivity contribution in [2.75, 3.05) is 11.9 Å². The highest BCUT2D eigenvalue weighted by Gasteiger charge is 2.35. The summed E-state index contributed by atoms with van der Waals surface area (Å²) in [7, 11) is -3.98. The number of halogens is 2. The van der Waals surface area contributed by atoms with Gasteiger partial charge in [-0.25, -0.2) is 21.2 Å². The number of hydrogen-bond acceptors (Lipinski definition) is 4. The first-order valence-corrected chi connectivity index (χ1v) is 10.7. The second-order valence-corrected chi connectivity index (χ2v) is 9.15. The van der Waals surface area contributed by atoms with E-state index in [0.717, 1.165) is 3.97 Å². The van der Waals surface area contributed by atoms with Crippen LogP contribution in [-0.4, -0.2) is 36.7 Å². The predicted molar refractivity (Wildman–Crippen MR) is 101 cm³/mol. The zero-order valence-corrected chi connectivity index (χ0v) is 16.1. The van der Waals surface area contributed by atoms with E-state index in [1.807, 2.05) is 0 Å². The Morgan fingerprint density at radius 3 is 2.69 bits per heavy atom. The highest BCUT2D eigenvalue weighted by molar-refractivity contribution is 7.90. The molecule has 0 atom stereocenters. The molecule has 1 aliphatic heterocycles. The number of hydrogen-bond donors (Lipinski definition) is 2. The molecule has 2 aromatic rings. The Labute approximate surface area is 166 Å². The van der Waals surface area contributed by atoms with Gasteiger partial charge in [-0.05, 0) is 49.1 Å². The van der Waals surface area contributed by atoms with Crippen molar-refractivity contribution in [2.45, 2.75) is 36.5 Å². The molecule has 2 aliphatic rings. The number of benzene rings is 1. The van der Waals surface area contributed by atoms with Crippen LogP contribution >= 0.6 is 0 Å². The average molecular weight is 423 g/mol. The monoisotopic (exact) mass is 423 g/mol. The van der Waals surface area contributed by atoms with Crippen LogP contribution in [0, 0.1) is 5.92 Å². The molecule has 2 amide bonds. The summed E-state index contributed by atoms with van der Waals surface area (Å²) in [6, 6.07) is 6.79. The van der Waals surface area contributed by atoms with Crippen LogP contribution in [0.25, 0.3) is 0 Å². The average Bonchev–Trinajstić information content (AvgIpc) is 3.15. The molecule has 1 aliphatic carbocycles. The van der Waals surface area contributed by atoms with Crippen molar-refractivity contribution in [1.82, 2.24) is 9.29 Å². The van der Waals surface area contributed by atoms with Crippen LogP contribution < -0.4 is 10.6 Å². The summed E-state index contributed by atoms with van der Waals surface area (Å²) in [6.45, 7) is 0.266. The summed E-state index contributed by atoms with van der Waals surface area (Å²) in [5, 5.41) is 5.24. The van der Waals surface area contributed by atoms with Gasteiger partial charge in [-0.1, -0.05) is 0 Å². The van der Waals surface area contributed by atoms with Gasteiger partial charge in [0.1, 0.15) is 10.6 Å². The van der Waals surface area contributed by atoms with Gasteiger partial charge in [0.2, 0.25) is 5.92 Å². The maximum Gasteiger partial charge on any atom is 0.273 e. The molecule has 7 nitrogen and oxygen atoms in total. The van der Waals surface area contributed by atoms with Crippen LogP contribution in [0.3, 0.4) is 0 Å². The maximum atomic E-state index is 13.2. The van der Waals surface area contributed by atoms with E-state index in [9.17, 15) is 26.8 Å². The first-order valence-electron chi connectivity index (χ1n) is 9.22. The zero-order valence-electron chi connectivity index (χ0n) is 15.3. The molecule has 0 bridgehead atoms. The van der Waals surface area contributed by atoms with Gasteiger partial charge in [0.25, 0.3) is 21.8 Å². The van der Waals surface area contributed by atoms with Crippen molar-refractivity contribution in [3.8, 4) is 0 Å². The maximum absolute atomic E-state index is 13.2. The normalized spacial score (nSPS) is 20.1. The van der Waals surface area contributed by atoms with E-state index in [4.69, 9.17) is 0 Å². The van der Waals surface area contributed by atoms with Crippen LogP contribution in [0.15, 0.2) is 41.4 Å². The number of nitrogens with one attached hydrogen (secondary N) is 2. The Morgan fingerprint density at radius 1 is 1.24 bits per heavy atom. The number of aromatic nitrogens is 1. The van der Waals surface area contributed by atoms with Gasteiger partial charge in [-0.3, -0.25) is 9.59 Å². The Kier molecular flexibility index (Phi) is 4.68. The van der Waals surface area contributed by atoms with Gasteiger partial charge >= 0.3 is 0 Å². The number of carbonyl (C=O) groups is 2. The summed E-state index contributed by atoms with van der Waals surface area (Å²) < 4.78 is 53.0. The molecule has 1 fully saturated rings. The summed E-state index contributed by atoms with van der Waals surface area (Å²) in [6.07, 6.45) is 1.59. The summed E-state index contributed by atoms with van der Waals surface area (Å²) in [5.74, 6) is -3.70. The van der Waals surface area contributed by atoms with Crippen molar-refractivity contribution >= 4 is 27.5 Å². The highest BCUT2D eigenvalue weighted by Crippen LogP contribution is 2.36. The fourth-order valence-electron chi connectivity index (χ4n) is 3.68. The standard InChI is InChI=1S/C19H19F2N3O4S/c20-19(21)7-5-12(6-8-19)11-22-17(25)13-3-4-16-14(10-13)23-18(26)15-2-1-9-24(15)29(16,27)28/h1-4,9-10,12H,5-8,11H2,(H,22,25)(H,23,26). The Balaban J connectivity index is 1.52. The molecule has 2 N–H and O–H groups in total. The molecule has 1 saturated carbocycles. The van der Waals surface area contributed by atoms with Gasteiger partial charge in [0, 0.05) is 31.1 Å². The van der Waals surface area contributed by atoms with E-state index < -0.39 is 27.8 Å². The minimum absolute atomic E-state index is 0.0173. The van der Waals surface area contributed by atoms with E-state index >= 15 is 0 Å². The number of carbonyl (C=O) groups excluding carboxylic acids is 2. The third-order valence-corrected chi connectivity index (χ3v) is 7.11. The lowest BCUT2D eigenvalue weighted by Crippen LogP contribution is -2.33. The molecule has 0 radical (unpaired) electrons. The number of nitrogens with zero attached hydrogens (tertiary/aromatic N) is 1. The smallest absolute Gasteiger partial charge is 0.273 e. The molecule has 0 unspecified atom stereocenters. The van der Waals surface area contributed by atoms with Crippen molar-refractivity contribution in [3.63, 3.8) is 0 Å². The lowest BCUT2D eigenvalue weighted by atomic mass is 9.87. The van der Waals surface area contributed by atoms with Crippen molar-refractivity contribution in [2.24, 2.45) is 5.92 Å². The third-order valence-electron chi connectivity index (χ3n) is 5.36. The number of anilines is 1. The van der Waals surface area contributed by atoms with Crippen LogP contribution in [0.2, 0.25) is 0 Å². The molecule has 2 heterocycles. The Bertz CT molecular complexity index is 1080. The largest absolute Gasteiger partial charge is 0.352 e. The van der Waals surface area contributed by atoms with E-state index in [0.29, 0.717) is 12.8 Å². The van der Waals surface area contributed by atoms with E-state index in [1.54, 1.807) is 0 Å². The lowest BCUT2D eigenvalue weighted by Gasteiger charge is -2.28. The molecule has 10 heteroatoms. The molecular formula is C19H19F2N3O4S.